The molecule has 0 aliphatic carbocycles. The standard InChI is InChI=1S/C15H23NO3S/c1-13-5-7-15(8-6-13)20(18,19)11-3-10-16-9-2-4-14(16)12-17/h5-8,14,17H,2-4,9-12H2,1H3/t14-/m1/s1. The molecule has 1 fully saturated rings. The van der Waals surface area contributed by atoms with Gasteiger partial charge in [-0.3, -0.25) is 4.90 Å². The van der Waals surface area contributed by atoms with E-state index in [4.69, 9.17) is 0 Å². The highest BCUT2D eigenvalue weighted by molar-refractivity contribution is 7.91. The lowest BCUT2D eigenvalue weighted by molar-refractivity contribution is 0.159. The van der Waals surface area contributed by atoms with E-state index in [2.05, 4.69) is 4.90 Å². The van der Waals surface area contributed by atoms with Crippen LogP contribution in [-0.4, -0.2) is 49.9 Å². The normalized spacial score (nSPS) is 20.4. The summed E-state index contributed by atoms with van der Waals surface area (Å²) in [4.78, 5) is 2.60. The van der Waals surface area contributed by atoms with Crippen LogP contribution in [0.4, 0.5) is 0 Å². The van der Waals surface area contributed by atoms with Crippen molar-refractivity contribution >= 4 is 9.84 Å². The Labute approximate surface area is 121 Å². The van der Waals surface area contributed by atoms with Gasteiger partial charge in [0.1, 0.15) is 0 Å². The Morgan fingerprint density at radius 1 is 1.30 bits per heavy atom. The smallest absolute Gasteiger partial charge is 0.178 e. The highest BCUT2D eigenvalue weighted by Gasteiger charge is 2.23. The molecule has 4 nitrogen and oxygen atoms in total. The molecule has 2 rings (SSSR count). The van der Waals surface area contributed by atoms with Gasteiger partial charge >= 0.3 is 0 Å². The van der Waals surface area contributed by atoms with E-state index in [0.717, 1.165) is 31.5 Å². The maximum absolute atomic E-state index is 12.2. The molecular weight excluding hydrogens is 274 g/mol. The summed E-state index contributed by atoms with van der Waals surface area (Å²) in [5.41, 5.74) is 1.06. The topological polar surface area (TPSA) is 57.6 Å². The van der Waals surface area contributed by atoms with Gasteiger partial charge in [-0.25, -0.2) is 8.42 Å². The minimum atomic E-state index is -3.18. The number of hydrogen-bond acceptors (Lipinski definition) is 4. The maximum atomic E-state index is 12.2. The molecule has 0 saturated carbocycles. The molecule has 1 aromatic carbocycles. The van der Waals surface area contributed by atoms with Gasteiger partial charge in [-0.2, -0.15) is 0 Å². The zero-order valence-corrected chi connectivity index (χ0v) is 12.8. The van der Waals surface area contributed by atoms with Gasteiger partial charge in [0.15, 0.2) is 9.84 Å². The quantitative estimate of drug-likeness (QED) is 0.867. The second-order valence-corrected chi connectivity index (χ2v) is 7.61. The van der Waals surface area contributed by atoms with Crippen LogP contribution in [0, 0.1) is 6.92 Å². The Balaban J connectivity index is 1.88. The number of hydrogen-bond donors (Lipinski definition) is 1. The molecule has 1 N–H and O–H groups in total. The van der Waals surface area contributed by atoms with Crippen LogP contribution in [0.3, 0.4) is 0 Å². The molecule has 112 valence electrons. The highest BCUT2D eigenvalue weighted by atomic mass is 32.2. The van der Waals surface area contributed by atoms with Gasteiger partial charge in [-0.1, -0.05) is 17.7 Å². The molecule has 1 saturated heterocycles. The Kier molecular flexibility index (Phi) is 5.18. The van der Waals surface area contributed by atoms with Crippen LogP contribution in [0.1, 0.15) is 24.8 Å². The van der Waals surface area contributed by atoms with Gasteiger partial charge in [0.25, 0.3) is 0 Å². The van der Waals surface area contributed by atoms with E-state index < -0.39 is 9.84 Å². The van der Waals surface area contributed by atoms with Crippen LogP contribution in [-0.2, 0) is 9.84 Å². The Bertz CT molecular complexity index is 525. The van der Waals surface area contributed by atoms with Crippen molar-refractivity contribution in [3.63, 3.8) is 0 Å². The number of sulfone groups is 1. The molecule has 0 unspecified atom stereocenters. The average Bonchev–Trinajstić information content (AvgIpc) is 2.86. The fraction of sp³-hybridized carbons (Fsp3) is 0.600. The Hall–Kier alpha value is -0.910. The molecule has 5 heteroatoms. The summed E-state index contributed by atoms with van der Waals surface area (Å²) in [5.74, 6) is 0.171. The summed E-state index contributed by atoms with van der Waals surface area (Å²) in [5, 5.41) is 9.24. The van der Waals surface area contributed by atoms with Crippen molar-refractivity contribution in [1.29, 1.82) is 0 Å². The molecule has 1 atom stereocenters. The first-order chi connectivity index (χ1) is 9.53. The number of benzene rings is 1. The molecule has 0 amide bonds. The van der Waals surface area contributed by atoms with E-state index in [0.29, 0.717) is 11.3 Å². The predicted molar refractivity (Wildman–Crippen MR) is 79.5 cm³/mol. The van der Waals surface area contributed by atoms with Crippen LogP contribution < -0.4 is 0 Å². The molecular formula is C15H23NO3S. The van der Waals surface area contributed by atoms with E-state index in [1.807, 2.05) is 19.1 Å². The number of rotatable bonds is 6. The lowest BCUT2D eigenvalue weighted by Crippen LogP contribution is -2.33. The number of nitrogens with zero attached hydrogens (tertiary/aromatic N) is 1. The van der Waals surface area contributed by atoms with Crippen molar-refractivity contribution in [3.05, 3.63) is 29.8 Å². The van der Waals surface area contributed by atoms with Crippen molar-refractivity contribution in [2.75, 3.05) is 25.4 Å². The summed E-state index contributed by atoms with van der Waals surface area (Å²) < 4.78 is 24.4. The van der Waals surface area contributed by atoms with E-state index in [9.17, 15) is 13.5 Å². The fourth-order valence-electron chi connectivity index (χ4n) is 2.72. The van der Waals surface area contributed by atoms with Gasteiger partial charge in [-0.05, 0) is 51.4 Å². The number of aryl methyl sites for hydroxylation is 1. The largest absolute Gasteiger partial charge is 0.395 e. The van der Waals surface area contributed by atoms with Crippen LogP contribution in [0.5, 0.6) is 0 Å². The van der Waals surface area contributed by atoms with Gasteiger partial charge < -0.3 is 5.11 Å². The van der Waals surface area contributed by atoms with Gasteiger partial charge in [0.05, 0.1) is 17.3 Å². The van der Waals surface area contributed by atoms with E-state index in [1.54, 1.807) is 12.1 Å². The zero-order valence-electron chi connectivity index (χ0n) is 12.0. The number of aliphatic hydroxyl groups is 1. The molecule has 20 heavy (non-hydrogen) atoms. The Morgan fingerprint density at radius 3 is 2.65 bits per heavy atom. The van der Waals surface area contributed by atoms with E-state index in [1.165, 1.54) is 0 Å². The van der Waals surface area contributed by atoms with Crippen LogP contribution in [0.2, 0.25) is 0 Å². The SMILES string of the molecule is Cc1ccc(S(=O)(=O)CCCN2CCC[C@@H]2CO)cc1. The second kappa shape index (κ2) is 6.70. The molecule has 0 spiro atoms. The minimum absolute atomic E-state index is 0.171. The summed E-state index contributed by atoms with van der Waals surface area (Å²) in [6.45, 7) is 3.83. The van der Waals surface area contributed by atoms with E-state index >= 15 is 0 Å². The lowest BCUT2D eigenvalue weighted by Gasteiger charge is -2.22. The number of likely N-dealkylation sites (tertiary alicyclic amines) is 1. The summed E-state index contributed by atoms with van der Waals surface area (Å²) in [6.07, 6.45) is 2.73. The van der Waals surface area contributed by atoms with Gasteiger partial charge in [-0.15, -0.1) is 0 Å². The minimum Gasteiger partial charge on any atom is -0.395 e. The molecule has 0 bridgehead atoms. The monoisotopic (exact) mass is 297 g/mol. The third-order valence-electron chi connectivity index (χ3n) is 3.95. The first-order valence-corrected chi connectivity index (χ1v) is 8.82. The van der Waals surface area contributed by atoms with Gasteiger partial charge in [0, 0.05) is 6.04 Å². The third-order valence-corrected chi connectivity index (χ3v) is 5.76. The first-order valence-electron chi connectivity index (χ1n) is 7.17. The molecule has 1 heterocycles. The van der Waals surface area contributed by atoms with Crippen molar-refractivity contribution in [2.24, 2.45) is 0 Å². The average molecular weight is 297 g/mol. The fourth-order valence-corrected chi connectivity index (χ4v) is 4.01. The van der Waals surface area contributed by atoms with Crippen LogP contribution in [0.25, 0.3) is 0 Å². The first kappa shape index (κ1) is 15.5. The summed E-state index contributed by atoms with van der Waals surface area (Å²) in [7, 11) is -3.18. The molecule has 1 aromatic rings. The third kappa shape index (κ3) is 3.81. The molecule has 0 aromatic heterocycles. The molecule has 0 radical (unpaired) electrons. The summed E-state index contributed by atoms with van der Waals surface area (Å²) in [6, 6.07) is 7.23. The predicted octanol–water partition coefficient (Wildman–Crippen LogP) is 1.62. The number of aliphatic hydroxyl groups excluding tert-OH is 1. The molecule has 1 aliphatic heterocycles. The van der Waals surface area contributed by atoms with E-state index in [-0.39, 0.29) is 18.4 Å². The highest BCUT2D eigenvalue weighted by Crippen LogP contribution is 2.18. The van der Waals surface area contributed by atoms with Crippen molar-refractivity contribution in [1.82, 2.24) is 4.90 Å². The van der Waals surface area contributed by atoms with Crippen molar-refractivity contribution < 1.29 is 13.5 Å². The van der Waals surface area contributed by atoms with Crippen LogP contribution in [0.15, 0.2) is 29.2 Å². The summed E-state index contributed by atoms with van der Waals surface area (Å²) >= 11 is 0. The molecule has 1 aliphatic rings. The van der Waals surface area contributed by atoms with Crippen LogP contribution >= 0.6 is 0 Å². The van der Waals surface area contributed by atoms with Crippen molar-refractivity contribution in [2.45, 2.75) is 37.1 Å². The lowest BCUT2D eigenvalue weighted by atomic mass is 10.2. The Morgan fingerprint density at radius 2 is 2.00 bits per heavy atom. The maximum Gasteiger partial charge on any atom is 0.178 e. The zero-order chi connectivity index (χ0) is 14.6. The van der Waals surface area contributed by atoms with Gasteiger partial charge in [0.2, 0.25) is 0 Å². The van der Waals surface area contributed by atoms with Crippen molar-refractivity contribution in [3.8, 4) is 0 Å². The second-order valence-electron chi connectivity index (χ2n) is 5.50.